The second-order valence-corrected chi connectivity index (χ2v) is 2.60. The zero-order chi connectivity index (χ0) is 7.98. The van der Waals surface area contributed by atoms with E-state index in [-0.39, 0.29) is 6.61 Å². The molecule has 0 aliphatic rings. The summed E-state index contributed by atoms with van der Waals surface area (Å²) in [5, 5.41) is 0. The molecule has 1 N–H and O–H groups in total. The molecule has 0 aliphatic heterocycles. The van der Waals surface area contributed by atoms with E-state index in [0.717, 1.165) is 0 Å². The molecule has 0 amide bonds. The minimum atomic E-state index is -1.09. The molecule has 0 atom stereocenters. The summed E-state index contributed by atoms with van der Waals surface area (Å²) >= 11 is 10.3. The standard InChI is InChI=1S/C5H8Cl2O3/c1-9-2-3-10-5(8)4(6)7/h4H,2-3H2,1H3/p+1. The Morgan fingerprint density at radius 3 is 2.70 bits per heavy atom. The van der Waals surface area contributed by atoms with Crippen molar-refractivity contribution < 1.29 is 14.3 Å². The van der Waals surface area contributed by atoms with Gasteiger partial charge >= 0.3 is 5.97 Å². The van der Waals surface area contributed by atoms with E-state index in [1.807, 2.05) is 0 Å². The highest BCUT2D eigenvalue weighted by atomic mass is 35.5. The fourth-order valence-electron chi connectivity index (χ4n) is 0.301. The Hall–Kier alpha value is 0.01000. The summed E-state index contributed by atoms with van der Waals surface area (Å²) in [4.78, 5) is 9.40. The van der Waals surface area contributed by atoms with E-state index < -0.39 is 10.8 Å². The van der Waals surface area contributed by atoms with Gasteiger partial charge in [-0.3, -0.25) is 0 Å². The molecular weight excluding hydrogens is 179 g/mol. The van der Waals surface area contributed by atoms with Crippen molar-refractivity contribution in [1.29, 1.82) is 0 Å². The summed E-state index contributed by atoms with van der Waals surface area (Å²) in [6.07, 6.45) is 0. The lowest BCUT2D eigenvalue weighted by Crippen LogP contribution is -2.16. The molecule has 0 fully saturated rings. The summed E-state index contributed by atoms with van der Waals surface area (Å²) in [6, 6.07) is 0. The highest BCUT2D eigenvalue weighted by Crippen LogP contribution is 2.02. The number of halogens is 2. The van der Waals surface area contributed by atoms with Crippen molar-refractivity contribution in [1.82, 2.24) is 0 Å². The van der Waals surface area contributed by atoms with Crippen LogP contribution in [-0.4, -0.2) is 35.9 Å². The lowest BCUT2D eigenvalue weighted by molar-refractivity contribution is -0.145. The van der Waals surface area contributed by atoms with Gasteiger partial charge in [0.25, 0.3) is 0 Å². The second kappa shape index (κ2) is 5.77. The zero-order valence-electron chi connectivity index (χ0n) is 5.51. The van der Waals surface area contributed by atoms with Crippen LogP contribution in [0.2, 0.25) is 0 Å². The molecule has 0 aromatic heterocycles. The third kappa shape index (κ3) is 4.85. The lowest BCUT2D eigenvalue weighted by atomic mass is 10.7. The smallest absolute Gasteiger partial charge is 0.339 e. The number of esters is 1. The predicted octanol–water partition coefficient (Wildman–Crippen LogP) is 0.491. The Labute approximate surface area is 69.2 Å². The van der Waals surface area contributed by atoms with Crippen molar-refractivity contribution in [2.45, 2.75) is 4.84 Å². The third-order valence-electron chi connectivity index (χ3n) is 0.737. The molecule has 0 heterocycles. The van der Waals surface area contributed by atoms with E-state index in [1.165, 1.54) is 0 Å². The largest absolute Gasteiger partial charge is 0.456 e. The molecule has 5 heteroatoms. The number of ether oxygens (including phenoxy) is 2. The normalized spacial score (nSPS) is 10.0. The Balaban J connectivity index is 3.22. The average Bonchev–Trinajstić information content (AvgIpc) is 1.88. The summed E-state index contributed by atoms with van der Waals surface area (Å²) < 4.78 is 8.25. The van der Waals surface area contributed by atoms with E-state index in [0.29, 0.717) is 6.61 Å². The van der Waals surface area contributed by atoms with Gasteiger partial charge in [-0.1, -0.05) is 23.2 Å². The Kier molecular flexibility index (Phi) is 5.78. The van der Waals surface area contributed by atoms with Gasteiger partial charge in [0, 0.05) is 0 Å². The Bertz CT molecular complexity index is 105. The number of hydrogen-bond acceptors (Lipinski definition) is 2. The molecule has 0 aliphatic carbocycles. The second-order valence-electron chi connectivity index (χ2n) is 1.51. The van der Waals surface area contributed by atoms with Crippen LogP contribution < -0.4 is 0 Å². The van der Waals surface area contributed by atoms with E-state index >= 15 is 0 Å². The molecule has 0 rings (SSSR count). The first-order valence-electron chi connectivity index (χ1n) is 2.69. The minimum Gasteiger partial charge on any atom is -0.456 e. The first-order valence-corrected chi connectivity index (χ1v) is 3.56. The number of rotatable bonds is 4. The summed E-state index contributed by atoms with van der Waals surface area (Å²) in [5.74, 6) is -0.619. The maximum absolute atomic E-state index is 10.5. The fraction of sp³-hybridized carbons (Fsp3) is 0.800. The lowest BCUT2D eigenvalue weighted by Gasteiger charge is -2.01. The van der Waals surface area contributed by atoms with Crippen LogP contribution in [0.15, 0.2) is 0 Å². The maximum atomic E-state index is 10.5. The van der Waals surface area contributed by atoms with Gasteiger partial charge in [-0.15, -0.1) is 0 Å². The van der Waals surface area contributed by atoms with Gasteiger partial charge in [0.2, 0.25) is 4.84 Å². The van der Waals surface area contributed by atoms with Crippen LogP contribution in [0, 0.1) is 0 Å². The Morgan fingerprint density at radius 2 is 2.30 bits per heavy atom. The van der Waals surface area contributed by atoms with Crippen LogP contribution >= 0.6 is 23.2 Å². The van der Waals surface area contributed by atoms with Crippen molar-refractivity contribution in [3.63, 3.8) is 0 Å². The number of aliphatic hydroxyl groups is 2. The van der Waals surface area contributed by atoms with E-state index in [4.69, 9.17) is 23.2 Å². The monoisotopic (exact) mass is 187 g/mol. The molecule has 60 valence electrons. The van der Waals surface area contributed by atoms with Crippen LogP contribution in [0.4, 0.5) is 0 Å². The third-order valence-corrected chi connectivity index (χ3v) is 1.09. The van der Waals surface area contributed by atoms with Gasteiger partial charge in [-0.2, -0.15) is 0 Å². The number of hydrogen-bond donors (Lipinski definition) is 0. The molecule has 0 saturated carbocycles. The van der Waals surface area contributed by atoms with Gasteiger partial charge in [0.05, 0.1) is 0 Å². The van der Waals surface area contributed by atoms with Crippen LogP contribution in [0.25, 0.3) is 0 Å². The van der Waals surface area contributed by atoms with Crippen molar-refractivity contribution in [3.05, 3.63) is 0 Å². The molecule has 0 aromatic carbocycles. The average molecular weight is 188 g/mol. The molecule has 0 spiro atoms. The summed E-state index contributed by atoms with van der Waals surface area (Å²) in [6.45, 7) is 0.720. The summed E-state index contributed by atoms with van der Waals surface area (Å²) in [5.41, 5.74) is 0. The van der Waals surface area contributed by atoms with E-state index in [9.17, 15) is 4.79 Å². The number of carbonyl (C=O) groups is 1. The zero-order valence-corrected chi connectivity index (χ0v) is 7.02. The van der Waals surface area contributed by atoms with Crippen LogP contribution in [0.3, 0.4) is 0 Å². The fourth-order valence-corrected chi connectivity index (χ4v) is 0.427. The molecule has 0 radical (unpaired) electrons. The molecule has 0 saturated heterocycles. The quantitative estimate of drug-likeness (QED) is 0.278. The highest BCUT2D eigenvalue weighted by molar-refractivity contribution is 6.52. The first kappa shape index (κ1) is 10.0. The topological polar surface area (TPSA) is 39.1 Å². The van der Waals surface area contributed by atoms with Crippen LogP contribution in [-0.2, 0) is 9.53 Å². The van der Waals surface area contributed by atoms with Gasteiger partial charge in [0.15, 0.2) is 13.2 Å². The van der Waals surface area contributed by atoms with Gasteiger partial charge in [-0.05, 0) is 0 Å². The van der Waals surface area contributed by atoms with Crippen LogP contribution in [0.1, 0.15) is 0 Å². The minimum absolute atomic E-state index is 0.241. The number of carbonyl (C=O) groups excluding carboxylic acids is 1. The van der Waals surface area contributed by atoms with Crippen molar-refractivity contribution in [2.24, 2.45) is 0 Å². The maximum Gasteiger partial charge on any atom is 0.339 e. The van der Waals surface area contributed by atoms with Crippen LogP contribution in [0.5, 0.6) is 0 Å². The predicted molar refractivity (Wildman–Crippen MR) is 39.5 cm³/mol. The highest BCUT2D eigenvalue weighted by Gasteiger charge is 2.12. The van der Waals surface area contributed by atoms with E-state index in [2.05, 4.69) is 9.47 Å². The molecule has 3 nitrogen and oxygen atoms in total. The SMILES string of the molecule is C[OH+]CCOC(=O)C(Cl)Cl. The molecule has 0 unspecified atom stereocenters. The van der Waals surface area contributed by atoms with Crippen molar-refractivity contribution in [2.75, 3.05) is 20.3 Å². The van der Waals surface area contributed by atoms with Gasteiger partial charge in [-0.25, -0.2) is 4.79 Å². The molecular formula is C5H9Cl2O3+. The van der Waals surface area contributed by atoms with Gasteiger partial charge in [0.1, 0.15) is 7.11 Å². The number of alkyl halides is 2. The van der Waals surface area contributed by atoms with Crippen molar-refractivity contribution in [3.8, 4) is 0 Å². The first-order chi connectivity index (χ1) is 4.68. The summed E-state index contributed by atoms with van der Waals surface area (Å²) in [7, 11) is 1.63. The molecule has 0 aromatic rings. The van der Waals surface area contributed by atoms with Crippen molar-refractivity contribution >= 4 is 29.2 Å². The molecule has 0 bridgehead atoms. The Morgan fingerprint density at radius 1 is 1.70 bits per heavy atom. The van der Waals surface area contributed by atoms with E-state index in [1.54, 1.807) is 7.11 Å². The van der Waals surface area contributed by atoms with Gasteiger partial charge < -0.3 is 9.47 Å². The molecule has 10 heavy (non-hydrogen) atoms.